The summed E-state index contributed by atoms with van der Waals surface area (Å²) in [5, 5.41) is 4.13. The standard InChI is InChI=1S/C12H16N2O/c1-14-9-11(8-13-14)6-10-4-2-3-5-12(15)7-10/h7-9H,2-6H2,1H3. The van der Waals surface area contributed by atoms with Crippen LogP contribution in [0.4, 0.5) is 0 Å². The van der Waals surface area contributed by atoms with Crippen LogP contribution >= 0.6 is 0 Å². The summed E-state index contributed by atoms with van der Waals surface area (Å²) < 4.78 is 1.80. The Morgan fingerprint density at radius 3 is 2.93 bits per heavy atom. The highest BCUT2D eigenvalue weighted by Crippen LogP contribution is 2.18. The molecule has 1 aromatic heterocycles. The monoisotopic (exact) mass is 204 g/mol. The van der Waals surface area contributed by atoms with E-state index in [1.54, 1.807) is 4.68 Å². The molecule has 0 atom stereocenters. The molecule has 3 nitrogen and oxygen atoms in total. The SMILES string of the molecule is Cn1cc(CC2=CC(=O)CCCC2)cn1. The first kappa shape index (κ1) is 10.1. The van der Waals surface area contributed by atoms with E-state index in [2.05, 4.69) is 5.10 Å². The summed E-state index contributed by atoms with van der Waals surface area (Å²) >= 11 is 0. The normalized spacial score (nSPS) is 17.4. The molecule has 0 saturated carbocycles. The molecule has 0 saturated heterocycles. The highest BCUT2D eigenvalue weighted by Gasteiger charge is 2.09. The summed E-state index contributed by atoms with van der Waals surface area (Å²) in [5.74, 6) is 0.284. The number of nitrogens with zero attached hydrogens (tertiary/aromatic N) is 2. The third kappa shape index (κ3) is 2.78. The van der Waals surface area contributed by atoms with E-state index in [1.807, 2.05) is 25.5 Å². The number of rotatable bonds is 2. The van der Waals surface area contributed by atoms with Crippen LogP contribution < -0.4 is 0 Å². The van der Waals surface area contributed by atoms with Gasteiger partial charge in [0, 0.05) is 19.7 Å². The van der Waals surface area contributed by atoms with Crippen LogP contribution in [-0.2, 0) is 18.3 Å². The highest BCUT2D eigenvalue weighted by atomic mass is 16.1. The van der Waals surface area contributed by atoms with Crippen molar-refractivity contribution < 1.29 is 4.79 Å². The molecule has 0 amide bonds. The molecule has 0 radical (unpaired) electrons. The molecule has 1 aliphatic carbocycles. The topological polar surface area (TPSA) is 34.9 Å². The maximum atomic E-state index is 11.4. The van der Waals surface area contributed by atoms with Gasteiger partial charge >= 0.3 is 0 Å². The number of aromatic nitrogens is 2. The Bertz CT molecular complexity index is 390. The van der Waals surface area contributed by atoms with E-state index >= 15 is 0 Å². The summed E-state index contributed by atoms with van der Waals surface area (Å²) in [6.07, 6.45) is 10.5. The molecule has 15 heavy (non-hydrogen) atoms. The number of carbonyl (C=O) groups excluding carboxylic acids is 1. The van der Waals surface area contributed by atoms with Crippen LogP contribution in [0.15, 0.2) is 24.0 Å². The van der Waals surface area contributed by atoms with Crippen molar-refractivity contribution >= 4 is 5.78 Å². The van der Waals surface area contributed by atoms with Crippen LogP contribution in [0.2, 0.25) is 0 Å². The Hall–Kier alpha value is -1.38. The molecule has 2 rings (SSSR count). The number of carbonyl (C=O) groups is 1. The van der Waals surface area contributed by atoms with Gasteiger partial charge in [0.2, 0.25) is 0 Å². The van der Waals surface area contributed by atoms with Gasteiger partial charge in [-0.3, -0.25) is 9.48 Å². The first-order valence-corrected chi connectivity index (χ1v) is 5.44. The fourth-order valence-electron chi connectivity index (χ4n) is 1.99. The average Bonchev–Trinajstić information content (AvgIpc) is 2.46. The van der Waals surface area contributed by atoms with Crippen molar-refractivity contribution in [2.45, 2.75) is 32.1 Å². The maximum absolute atomic E-state index is 11.4. The van der Waals surface area contributed by atoms with Gasteiger partial charge in [0.15, 0.2) is 5.78 Å². The van der Waals surface area contributed by atoms with Gasteiger partial charge in [0.1, 0.15) is 0 Å². The zero-order chi connectivity index (χ0) is 10.7. The molecule has 1 heterocycles. The predicted octanol–water partition coefficient (Wildman–Crippen LogP) is 2.03. The molecule has 0 fully saturated rings. The van der Waals surface area contributed by atoms with Gasteiger partial charge in [-0.1, -0.05) is 5.57 Å². The lowest BCUT2D eigenvalue weighted by molar-refractivity contribution is -0.114. The van der Waals surface area contributed by atoms with Gasteiger partial charge in [-0.2, -0.15) is 5.10 Å². The van der Waals surface area contributed by atoms with Crippen molar-refractivity contribution in [2.24, 2.45) is 7.05 Å². The molecule has 3 heteroatoms. The summed E-state index contributed by atoms with van der Waals surface area (Å²) in [6, 6.07) is 0. The quantitative estimate of drug-likeness (QED) is 0.738. The predicted molar refractivity (Wildman–Crippen MR) is 58.5 cm³/mol. The molecule has 0 spiro atoms. The van der Waals surface area contributed by atoms with Crippen LogP contribution in [0.3, 0.4) is 0 Å². The molecular weight excluding hydrogens is 188 g/mol. The van der Waals surface area contributed by atoms with E-state index in [0.29, 0.717) is 0 Å². The summed E-state index contributed by atoms with van der Waals surface area (Å²) in [5.41, 5.74) is 2.45. The van der Waals surface area contributed by atoms with Crippen molar-refractivity contribution in [2.75, 3.05) is 0 Å². The van der Waals surface area contributed by atoms with Crippen molar-refractivity contribution in [1.82, 2.24) is 9.78 Å². The van der Waals surface area contributed by atoms with E-state index in [0.717, 1.165) is 32.1 Å². The Kier molecular flexibility index (Phi) is 2.99. The van der Waals surface area contributed by atoms with E-state index in [9.17, 15) is 4.79 Å². The molecule has 0 bridgehead atoms. The zero-order valence-electron chi connectivity index (χ0n) is 9.07. The van der Waals surface area contributed by atoms with Crippen molar-refractivity contribution in [3.63, 3.8) is 0 Å². The average molecular weight is 204 g/mol. The smallest absolute Gasteiger partial charge is 0.155 e. The molecule has 80 valence electrons. The first-order valence-electron chi connectivity index (χ1n) is 5.44. The minimum Gasteiger partial charge on any atom is -0.295 e. The molecule has 0 aromatic carbocycles. The lowest BCUT2D eigenvalue weighted by Crippen LogP contribution is -1.93. The number of allylic oxidation sites excluding steroid dienone is 2. The third-order valence-corrected chi connectivity index (χ3v) is 2.73. The van der Waals surface area contributed by atoms with Crippen molar-refractivity contribution in [3.05, 3.63) is 29.6 Å². The van der Waals surface area contributed by atoms with Crippen molar-refractivity contribution in [3.8, 4) is 0 Å². The largest absolute Gasteiger partial charge is 0.295 e. The molecule has 1 aromatic rings. The van der Waals surface area contributed by atoms with Crippen LogP contribution in [0, 0.1) is 0 Å². The van der Waals surface area contributed by atoms with Crippen molar-refractivity contribution in [1.29, 1.82) is 0 Å². The van der Waals surface area contributed by atoms with Crippen LogP contribution in [-0.4, -0.2) is 15.6 Å². The van der Waals surface area contributed by atoms with Crippen LogP contribution in [0.1, 0.15) is 31.2 Å². The third-order valence-electron chi connectivity index (χ3n) is 2.73. The van der Waals surface area contributed by atoms with E-state index in [1.165, 1.54) is 11.1 Å². The van der Waals surface area contributed by atoms with E-state index < -0.39 is 0 Å². The number of ketones is 1. The van der Waals surface area contributed by atoms with Gasteiger partial charge in [-0.25, -0.2) is 0 Å². The van der Waals surface area contributed by atoms with E-state index in [4.69, 9.17) is 0 Å². The van der Waals surface area contributed by atoms with Gasteiger partial charge < -0.3 is 0 Å². The number of hydrogen-bond donors (Lipinski definition) is 0. The van der Waals surface area contributed by atoms with Gasteiger partial charge in [-0.05, 0) is 37.3 Å². The Balaban J connectivity index is 2.07. The van der Waals surface area contributed by atoms with Crippen LogP contribution in [0.25, 0.3) is 0 Å². The zero-order valence-corrected chi connectivity index (χ0v) is 9.07. The van der Waals surface area contributed by atoms with Gasteiger partial charge in [0.25, 0.3) is 0 Å². The van der Waals surface area contributed by atoms with Crippen LogP contribution in [0.5, 0.6) is 0 Å². The summed E-state index contributed by atoms with van der Waals surface area (Å²) in [6.45, 7) is 0. The molecule has 1 aliphatic rings. The minimum absolute atomic E-state index is 0.284. The van der Waals surface area contributed by atoms with E-state index in [-0.39, 0.29) is 5.78 Å². The second-order valence-electron chi connectivity index (χ2n) is 4.18. The second kappa shape index (κ2) is 4.43. The Morgan fingerprint density at radius 1 is 1.40 bits per heavy atom. The highest BCUT2D eigenvalue weighted by molar-refractivity contribution is 5.90. The Morgan fingerprint density at radius 2 is 2.20 bits per heavy atom. The second-order valence-corrected chi connectivity index (χ2v) is 4.18. The van der Waals surface area contributed by atoms with Gasteiger partial charge in [-0.15, -0.1) is 0 Å². The molecular formula is C12H16N2O. The number of aryl methyl sites for hydroxylation is 1. The minimum atomic E-state index is 0.284. The molecule has 0 aliphatic heterocycles. The summed E-state index contributed by atoms with van der Waals surface area (Å²) in [7, 11) is 1.91. The molecule has 0 unspecified atom stereocenters. The fraction of sp³-hybridized carbons (Fsp3) is 0.500. The lowest BCUT2D eigenvalue weighted by Gasteiger charge is -2.01. The fourth-order valence-corrected chi connectivity index (χ4v) is 1.99. The number of hydrogen-bond acceptors (Lipinski definition) is 2. The first-order chi connectivity index (χ1) is 7.24. The Labute approximate surface area is 89.8 Å². The maximum Gasteiger partial charge on any atom is 0.155 e. The lowest BCUT2D eigenvalue weighted by atomic mass is 10.0. The summed E-state index contributed by atoms with van der Waals surface area (Å²) in [4.78, 5) is 11.4. The molecule has 0 N–H and O–H groups in total. The van der Waals surface area contributed by atoms with Gasteiger partial charge in [0.05, 0.1) is 6.20 Å².